The molecule has 16 heavy (non-hydrogen) atoms. The van der Waals surface area contributed by atoms with E-state index in [4.69, 9.17) is 5.41 Å². The summed E-state index contributed by atoms with van der Waals surface area (Å²) >= 11 is 0. The van der Waals surface area contributed by atoms with Crippen molar-refractivity contribution in [1.82, 2.24) is 0 Å². The summed E-state index contributed by atoms with van der Waals surface area (Å²) in [6, 6.07) is 11.8. The van der Waals surface area contributed by atoms with E-state index in [0.717, 1.165) is 16.3 Å². The summed E-state index contributed by atoms with van der Waals surface area (Å²) < 4.78 is 0. The van der Waals surface area contributed by atoms with Crippen molar-refractivity contribution in [1.29, 1.82) is 5.41 Å². The van der Waals surface area contributed by atoms with Crippen molar-refractivity contribution >= 4 is 28.3 Å². The molecule has 1 aliphatic rings. The molecular formula is C14H9NO. The van der Waals surface area contributed by atoms with Crippen molar-refractivity contribution in [3.05, 3.63) is 53.6 Å². The first-order valence-electron chi connectivity index (χ1n) is 5.10. The summed E-state index contributed by atoms with van der Waals surface area (Å²) in [5.41, 5.74) is 1.59. The van der Waals surface area contributed by atoms with Crippen LogP contribution in [0.4, 0.5) is 0 Å². The van der Waals surface area contributed by atoms with Crippen molar-refractivity contribution < 1.29 is 4.79 Å². The molecule has 1 aliphatic carbocycles. The number of carbonyl (C=O) groups is 1. The van der Waals surface area contributed by atoms with E-state index < -0.39 is 0 Å². The highest BCUT2D eigenvalue weighted by Gasteiger charge is 2.18. The van der Waals surface area contributed by atoms with Crippen LogP contribution in [0.5, 0.6) is 0 Å². The number of Topliss-reactive ketones (excluding diaryl/α,β-unsaturated/α-hetero) is 1. The van der Waals surface area contributed by atoms with Crippen molar-refractivity contribution in [3.8, 4) is 0 Å². The second-order valence-corrected chi connectivity index (χ2v) is 3.86. The average Bonchev–Trinajstić information content (AvgIpc) is 2.32. The lowest BCUT2D eigenvalue weighted by Crippen LogP contribution is -2.15. The van der Waals surface area contributed by atoms with E-state index in [1.165, 1.54) is 0 Å². The number of rotatable bonds is 0. The van der Waals surface area contributed by atoms with Crippen LogP contribution in [0, 0.1) is 5.41 Å². The normalized spacial score (nSPS) is 14.2. The van der Waals surface area contributed by atoms with E-state index in [-0.39, 0.29) is 11.5 Å². The van der Waals surface area contributed by atoms with E-state index in [1.54, 1.807) is 6.08 Å². The van der Waals surface area contributed by atoms with Crippen LogP contribution >= 0.6 is 0 Å². The van der Waals surface area contributed by atoms with Gasteiger partial charge in [0.15, 0.2) is 0 Å². The molecule has 2 aromatic carbocycles. The molecule has 0 aliphatic heterocycles. The molecule has 0 atom stereocenters. The predicted octanol–water partition coefficient (Wildman–Crippen LogP) is 3.07. The molecule has 3 rings (SSSR count). The molecule has 0 saturated heterocycles. The molecule has 0 radical (unpaired) electrons. The van der Waals surface area contributed by atoms with Crippen LogP contribution in [0.25, 0.3) is 16.8 Å². The zero-order valence-electron chi connectivity index (χ0n) is 8.53. The second-order valence-electron chi connectivity index (χ2n) is 3.86. The van der Waals surface area contributed by atoms with E-state index in [2.05, 4.69) is 0 Å². The Balaban J connectivity index is 2.37. The fraction of sp³-hybridized carbons (Fsp3) is 0. The maximum absolute atomic E-state index is 11.8. The highest BCUT2D eigenvalue weighted by molar-refractivity contribution is 6.51. The first-order valence-corrected chi connectivity index (χ1v) is 5.10. The minimum absolute atomic E-state index is 0.0581. The molecule has 76 valence electrons. The number of ketones is 1. The van der Waals surface area contributed by atoms with Gasteiger partial charge in [-0.25, -0.2) is 0 Å². The number of benzene rings is 2. The largest absolute Gasteiger partial charge is 0.297 e. The van der Waals surface area contributed by atoms with Gasteiger partial charge in [-0.2, -0.15) is 0 Å². The lowest BCUT2D eigenvalue weighted by atomic mass is 9.92. The molecule has 0 saturated carbocycles. The Morgan fingerprint density at radius 2 is 1.62 bits per heavy atom. The summed E-state index contributed by atoms with van der Waals surface area (Å²) in [7, 11) is 0. The highest BCUT2D eigenvalue weighted by atomic mass is 16.1. The minimum atomic E-state index is -0.191. The van der Waals surface area contributed by atoms with Gasteiger partial charge in [-0.3, -0.25) is 10.2 Å². The van der Waals surface area contributed by atoms with Crippen LogP contribution in [-0.2, 0) is 0 Å². The van der Waals surface area contributed by atoms with Gasteiger partial charge in [0, 0.05) is 5.56 Å². The molecular weight excluding hydrogens is 198 g/mol. The molecule has 0 amide bonds. The lowest BCUT2D eigenvalue weighted by Gasteiger charge is -2.11. The van der Waals surface area contributed by atoms with Crippen LogP contribution in [0.2, 0.25) is 0 Å². The molecule has 0 heterocycles. The van der Waals surface area contributed by atoms with Gasteiger partial charge in [0.2, 0.25) is 5.78 Å². The number of hydrogen-bond acceptors (Lipinski definition) is 2. The fourth-order valence-electron chi connectivity index (χ4n) is 1.99. The van der Waals surface area contributed by atoms with Crippen molar-refractivity contribution in [2.75, 3.05) is 0 Å². The fourth-order valence-corrected chi connectivity index (χ4v) is 1.99. The Hall–Kier alpha value is -2.22. The average molecular weight is 207 g/mol. The molecule has 0 unspecified atom stereocenters. The number of carbonyl (C=O) groups excluding carboxylic acids is 1. The third kappa shape index (κ3) is 1.20. The maximum atomic E-state index is 11.8. The minimum Gasteiger partial charge on any atom is -0.297 e. The van der Waals surface area contributed by atoms with Crippen LogP contribution in [-0.4, -0.2) is 11.5 Å². The summed E-state index contributed by atoms with van der Waals surface area (Å²) in [5.74, 6) is -0.191. The standard InChI is InChI=1S/C14H9NO/c15-13-6-5-11-7-9-3-1-2-4-10(9)8-12(11)14(13)16/h1-8,15H. The quantitative estimate of drug-likeness (QED) is 0.708. The molecule has 2 heteroatoms. The smallest absolute Gasteiger partial charge is 0.211 e. The van der Waals surface area contributed by atoms with Gasteiger partial charge in [-0.15, -0.1) is 0 Å². The molecule has 2 nitrogen and oxygen atoms in total. The first kappa shape index (κ1) is 9.04. The van der Waals surface area contributed by atoms with E-state index >= 15 is 0 Å². The number of hydrogen-bond donors (Lipinski definition) is 1. The summed E-state index contributed by atoms with van der Waals surface area (Å²) in [4.78, 5) is 11.8. The zero-order valence-corrected chi connectivity index (χ0v) is 8.53. The van der Waals surface area contributed by atoms with Gasteiger partial charge in [0.25, 0.3) is 0 Å². The van der Waals surface area contributed by atoms with Crippen molar-refractivity contribution in [2.24, 2.45) is 0 Å². The van der Waals surface area contributed by atoms with Crippen LogP contribution < -0.4 is 0 Å². The van der Waals surface area contributed by atoms with Crippen LogP contribution in [0.3, 0.4) is 0 Å². The van der Waals surface area contributed by atoms with Gasteiger partial charge in [0.05, 0.1) is 0 Å². The Morgan fingerprint density at radius 1 is 0.938 bits per heavy atom. The molecule has 0 aromatic heterocycles. The number of allylic oxidation sites excluding steroid dienone is 1. The summed E-state index contributed by atoms with van der Waals surface area (Å²) in [5, 5.41) is 9.65. The van der Waals surface area contributed by atoms with Crippen LogP contribution in [0.1, 0.15) is 15.9 Å². The molecule has 2 aromatic rings. The molecule has 0 fully saturated rings. The summed E-state index contributed by atoms with van der Waals surface area (Å²) in [6.45, 7) is 0. The highest BCUT2D eigenvalue weighted by Crippen LogP contribution is 2.24. The Kier molecular flexibility index (Phi) is 1.77. The van der Waals surface area contributed by atoms with Crippen LogP contribution in [0.15, 0.2) is 42.5 Å². The Morgan fingerprint density at radius 3 is 2.38 bits per heavy atom. The second kappa shape index (κ2) is 3.14. The van der Waals surface area contributed by atoms with Crippen molar-refractivity contribution in [3.63, 3.8) is 0 Å². The summed E-state index contributed by atoms with van der Waals surface area (Å²) in [6.07, 6.45) is 3.38. The Labute approximate surface area is 92.7 Å². The third-order valence-corrected chi connectivity index (χ3v) is 2.84. The van der Waals surface area contributed by atoms with Gasteiger partial charge in [-0.1, -0.05) is 30.3 Å². The lowest BCUT2D eigenvalue weighted by molar-refractivity contribution is 0.106. The van der Waals surface area contributed by atoms with E-state index in [9.17, 15) is 4.79 Å². The molecule has 0 spiro atoms. The van der Waals surface area contributed by atoms with Gasteiger partial charge >= 0.3 is 0 Å². The topological polar surface area (TPSA) is 40.9 Å². The van der Waals surface area contributed by atoms with E-state index in [0.29, 0.717) is 5.56 Å². The molecule has 1 N–H and O–H groups in total. The van der Waals surface area contributed by atoms with E-state index in [1.807, 2.05) is 42.5 Å². The number of nitrogens with one attached hydrogen (secondary N) is 1. The monoisotopic (exact) mass is 207 g/mol. The maximum Gasteiger partial charge on any atom is 0.211 e. The number of fused-ring (bicyclic) bond motifs is 2. The SMILES string of the molecule is N=C1C=Cc2cc3ccccc3cc2C1=O. The van der Waals surface area contributed by atoms with Crippen molar-refractivity contribution in [2.45, 2.75) is 0 Å². The zero-order chi connectivity index (χ0) is 11.1. The third-order valence-electron chi connectivity index (χ3n) is 2.84. The predicted molar refractivity (Wildman–Crippen MR) is 65.0 cm³/mol. The Bertz CT molecular complexity index is 653. The molecule has 0 bridgehead atoms. The van der Waals surface area contributed by atoms with Gasteiger partial charge in [-0.05, 0) is 34.5 Å². The van der Waals surface area contributed by atoms with Gasteiger partial charge < -0.3 is 0 Å². The van der Waals surface area contributed by atoms with Gasteiger partial charge in [0.1, 0.15) is 5.71 Å². The first-order chi connectivity index (χ1) is 7.75.